The minimum absolute atomic E-state index is 0.202. The Morgan fingerprint density at radius 2 is 1.90 bits per heavy atom. The highest BCUT2D eigenvalue weighted by atomic mass is 19.1. The molecule has 5 heteroatoms. The van der Waals surface area contributed by atoms with Crippen molar-refractivity contribution in [1.82, 2.24) is 5.43 Å². The summed E-state index contributed by atoms with van der Waals surface area (Å²) in [7, 11) is 1.44. The first-order chi connectivity index (χ1) is 10.2. The highest BCUT2D eigenvalue weighted by Crippen LogP contribution is 2.21. The third-order valence-corrected chi connectivity index (χ3v) is 3.16. The Hall–Kier alpha value is -2.11. The lowest BCUT2D eigenvalue weighted by molar-refractivity contribution is 0.263. The molecule has 21 heavy (non-hydrogen) atoms. The molecule has 0 radical (unpaired) electrons. The Morgan fingerprint density at radius 3 is 2.57 bits per heavy atom. The van der Waals surface area contributed by atoms with Crippen LogP contribution in [0, 0.1) is 5.82 Å². The van der Waals surface area contributed by atoms with Crippen molar-refractivity contribution >= 4 is 0 Å². The fourth-order valence-electron chi connectivity index (χ4n) is 2.02. The van der Waals surface area contributed by atoms with Gasteiger partial charge in [0.05, 0.1) is 13.2 Å². The second-order valence-corrected chi connectivity index (χ2v) is 4.63. The van der Waals surface area contributed by atoms with Gasteiger partial charge in [-0.15, -0.1) is 0 Å². The minimum atomic E-state index is -0.361. The van der Waals surface area contributed by atoms with E-state index in [4.69, 9.17) is 15.3 Å². The molecule has 0 spiro atoms. The first kappa shape index (κ1) is 15.3. The van der Waals surface area contributed by atoms with E-state index < -0.39 is 0 Å². The quantitative estimate of drug-likeness (QED) is 0.607. The average molecular weight is 290 g/mol. The van der Waals surface area contributed by atoms with Crippen LogP contribution in [0.15, 0.2) is 48.5 Å². The van der Waals surface area contributed by atoms with Gasteiger partial charge in [0.2, 0.25) is 0 Å². The van der Waals surface area contributed by atoms with Gasteiger partial charge in [-0.1, -0.05) is 30.3 Å². The van der Waals surface area contributed by atoms with Gasteiger partial charge in [-0.25, -0.2) is 4.39 Å². The summed E-state index contributed by atoms with van der Waals surface area (Å²) in [6.45, 7) is 0.344. The number of ether oxygens (including phenoxy) is 2. The summed E-state index contributed by atoms with van der Waals surface area (Å²) in [5, 5.41) is 0. The van der Waals surface area contributed by atoms with Crippen molar-refractivity contribution in [3.63, 3.8) is 0 Å². The minimum Gasteiger partial charge on any atom is -0.494 e. The van der Waals surface area contributed by atoms with Gasteiger partial charge in [-0.05, 0) is 30.2 Å². The molecule has 0 saturated carbocycles. The normalized spacial score (nSPS) is 12.0. The third kappa shape index (κ3) is 4.18. The number of nitrogens with one attached hydrogen (secondary N) is 1. The average Bonchev–Trinajstić information content (AvgIpc) is 2.54. The Bertz CT molecular complexity index is 563. The molecule has 2 rings (SSSR count). The summed E-state index contributed by atoms with van der Waals surface area (Å²) in [5.74, 6) is 6.14. The van der Waals surface area contributed by atoms with E-state index in [1.54, 1.807) is 18.2 Å². The zero-order valence-electron chi connectivity index (χ0n) is 11.9. The fraction of sp³-hybridized carbons (Fsp3) is 0.250. The lowest BCUT2D eigenvalue weighted by Gasteiger charge is -2.17. The third-order valence-electron chi connectivity index (χ3n) is 3.16. The van der Waals surface area contributed by atoms with Crippen molar-refractivity contribution in [1.29, 1.82) is 0 Å². The highest BCUT2D eigenvalue weighted by Gasteiger charge is 2.14. The SMILES string of the molecule is COc1cccc(CC(COc2ccccc2)NN)c1F. The molecule has 0 aromatic heterocycles. The van der Waals surface area contributed by atoms with Crippen molar-refractivity contribution in [3.05, 3.63) is 59.9 Å². The van der Waals surface area contributed by atoms with E-state index in [1.165, 1.54) is 7.11 Å². The van der Waals surface area contributed by atoms with Gasteiger partial charge in [-0.3, -0.25) is 11.3 Å². The molecule has 0 aliphatic rings. The fourth-order valence-corrected chi connectivity index (χ4v) is 2.02. The lowest BCUT2D eigenvalue weighted by Crippen LogP contribution is -2.41. The molecule has 0 saturated heterocycles. The predicted molar refractivity (Wildman–Crippen MR) is 79.7 cm³/mol. The van der Waals surface area contributed by atoms with Crippen LogP contribution in [0.25, 0.3) is 0 Å². The summed E-state index contributed by atoms with van der Waals surface area (Å²) < 4.78 is 24.7. The van der Waals surface area contributed by atoms with Crippen molar-refractivity contribution < 1.29 is 13.9 Å². The van der Waals surface area contributed by atoms with Crippen LogP contribution in [-0.4, -0.2) is 19.8 Å². The Morgan fingerprint density at radius 1 is 1.14 bits per heavy atom. The molecule has 0 heterocycles. The smallest absolute Gasteiger partial charge is 0.168 e. The molecular formula is C16H19FN2O2. The number of hydrogen-bond acceptors (Lipinski definition) is 4. The first-order valence-corrected chi connectivity index (χ1v) is 6.70. The predicted octanol–water partition coefficient (Wildman–Crippen LogP) is 2.29. The summed E-state index contributed by atoms with van der Waals surface area (Å²) in [4.78, 5) is 0. The van der Waals surface area contributed by atoms with Crippen LogP contribution in [0.2, 0.25) is 0 Å². The number of hydrogen-bond donors (Lipinski definition) is 2. The largest absolute Gasteiger partial charge is 0.494 e. The molecule has 0 fully saturated rings. The lowest BCUT2D eigenvalue weighted by atomic mass is 10.1. The number of halogens is 1. The van der Waals surface area contributed by atoms with E-state index >= 15 is 0 Å². The van der Waals surface area contributed by atoms with E-state index in [1.807, 2.05) is 30.3 Å². The zero-order chi connectivity index (χ0) is 15.1. The first-order valence-electron chi connectivity index (χ1n) is 6.70. The summed E-state index contributed by atoms with van der Waals surface area (Å²) in [6.07, 6.45) is 0.409. The van der Waals surface area contributed by atoms with Crippen LogP contribution in [0.3, 0.4) is 0 Å². The van der Waals surface area contributed by atoms with Crippen LogP contribution in [0.1, 0.15) is 5.56 Å². The number of benzene rings is 2. The van der Waals surface area contributed by atoms with Crippen molar-refractivity contribution in [2.75, 3.05) is 13.7 Å². The molecule has 0 aliphatic carbocycles. The molecule has 2 aromatic rings. The maximum atomic E-state index is 14.1. The van der Waals surface area contributed by atoms with Crippen LogP contribution in [0.4, 0.5) is 4.39 Å². The van der Waals surface area contributed by atoms with Gasteiger partial charge in [0.25, 0.3) is 0 Å². The van der Waals surface area contributed by atoms with Crippen molar-refractivity contribution in [3.8, 4) is 11.5 Å². The van der Waals surface area contributed by atoms with E-state index in [9.17, 15) is 4.39 Å². The van der Waals surface area contributed by atoms with Crippen LogP contribution in [-0.2, 0) is 6.42 Å². The highest BCUT2D eigenvalue weighted by molar-refractivity contribution is 5.31. The molecule has 0 bridgehead atoms. The van der Waals surface area contributed by atoms with E-state index in [2.05, 4.69) is 5.43 Å². The van der Waals surface area contributed by atoms with E-state index in [-0.39, 0.29) is 17.6 Å². The second kappa shape index (κ2) is 7.61. The summed E-state index contributed by atoms with van der Waals surface area (Å²) in [5.41, 5.74) is 3.19. The monoisotopic (exact) mass is 290 g/mol. The van der Waals surface area contributed by atoms with Gasteiger partial charge >= 0.3 is 0 Å². The topological polar surface area (TPSA) is 56.5 Å². The van der Waals surface area contributed by atoms with Crippen LogP contribution >= 0.6 is 0 Å². The molecule has 0 aliphatic heterocycles. The molecule has 1 atom stereocenters. The van der Waals surface area contributed by atoms with E-state index in [0.717, 1.165) is 5.75 Å². The second-order valence-electron chi connectivity index (χ2n) is 4.63. The number of para-hydroxylation sites is 1. The van der Waals surface area contributed by atoms with Crippen LogP contribution in [0.5, 0.6) is 11.5 Å². The van der Waals surface area contributed by atoms with Gasteiger partial charge in [0.1, 0.15) is 12.4 Å². The molecule has 112 valence electrons. The van der Waals surface area contributed by atoms with E-state index in [0.29, 0.717) is 18.6 Å². The number of hydrazine groups is 1. The molecule has 3 N–H and O–H groups in total. The Balaban J connectivity index is 1.99. The number of rotatable bonds is 7. The molecular weight excluding hydrogens is 271 g/mol. The summed E-state index contributed by atoms with van der Waals surface area (Å²) >= 11 is 0. The summed E-state index contributed by atoms with van der Waals surface area (Å²) in [6, 6.07) is 14.3. The Kier molecular flexibility index (Phi) is 5.54. The molecule has 4 nitrogen and oxygen atoms in total. The van der Waals surface area contributed by atoms with Crippen molar-refractivity contribution in [2.45, 2.75) is 12.5 Å². The number of nitrogens with two attached hydrogens (primary N) is 1. The maximum absolute atomic E-state index is 14.1. The number of methoxy groups -OCH3 is 1. The zero-order valence-corrected chi connectivity index (χ0v) is 11.9. The maximum Gasteiger partial charge on any atom is 0.168 e. The van der Waals surface area contributed by atoms with Crippen molar-refractivity contribution in [2.24, 2.45) is 5.84 Å². The van der Waals surface area contributed by atoms with Gasteiger partial charge < -0.3 is 9.47 Å². The van der Waals surface area contributed by atoms with Gasteiger partial charge in [0, 0.05) is 0 Å². The Labute approximate surface area is 123 Å². The standard InChI is InChI=1S/C16H19FN2O2/c1-20-15-9-5-6-12(16(15)17)10-13(19-18)11-21-14-7-3-2-4-8-14/h2-9,13,19H,10-11,18H2,1H3. The molecule has 2 aromatic carbocycles. The molecule has 0 amide bonds. The van der Waals surface area contributed by atoms with Gasteiger partial charge in [0.15, 0.2) is 11.6 Å². The van der Waals surface area contributed by atoms with Crippen LogP contribution < -0.4 is 20.7 Å². The van der Waals surface area contributed by atoms with Gasteiger partial charge in [-0.2, -0.15) is 0 Å². The molecule has 1 unspecified atom stereocenters.